The number of halogens is 3. The maximum absolute atomic E-state index is 13.1. The molecule has 1 aliphatic rings. The van der Waals surface area contributed by atoms with E-state index < -0.39 is 0 Å². The summed E-state index contributed by atoms with van der Waals surface area (Å²) in [7, 11) is 1.59. The van der Waals surface area contributed by atoms with E-state index in [1.54, 1.807) is 31.4 Å². The highest BCUT2D eigenvalue weighted by Crippen LogP contribution is 2.40. The molecule has 0 saturated carbocycles. The van der Waals surface area contributed by atoms with Crippen LogP contribution in [0.15, 0.2) is 59.5 Å². The number of thioether (sulfide) groups is 1. The number of amides is 1. The lowest BCUT2D eigenvalue weighted by Gasteiger charge is -2.15. The average Bonchev–Trinajstić information content (AvgIpc) is 3.08. The van der Waals surface area contributed by atoms with E-state index in [-0.39, 0.29) is 5.91 Å². The summed E-state index contributed by atoms with van der Waals surface area (Å²) >= 11 is 21.0. The second-order valence-corrected chi connectivity index (χ2v) is 11.1. The molecule has 0 N–H and O–H groups in total. The summed E-state index contributed by atoms with van der Waals surface area (Å²) in [5, 5.41) is 0.774. The molecule has 1 amide bonds. The molecule has 0 radical (unpaired) electrons. The fraction of sp³-hybridized carbons (Fsp3) is 0.120. The zero-order valence-corrected chi connectivity index (χ0v) is 23.4. The van der Waals surface area contributed by atoms with Crippen LogP contribution in [0.2, 0.25) is 10.0 Å². The van der Waals surface area contributed by atoms with Gasteiger partial charge in [-0.1, -0.05) is 77.0 Å². The SMILES string of the molecule is COc1cc(/C=C2/SC(=S)N(c3ccc(Cl)c(Cl)c3)C2=O)cc(I)c1OCc1ccc(C)cc1. The Bertz CT molecular complexity index is 1310. The van der Waals surface area contributed by atoms with E-state index in [9.17, 15) is 4.79 Å². The van der Waals surface area contributed by atoms with Crippen molar-refractivity contribution in [2.24, 2.45) is 0 Å². The number of anilines is 1. The van der Waals surface area contributed by atoms with E-state index >= 15 is 0 Å². The molecule has 1 heterocycles. The zero-order valence-electron chi connectivity index (χ0n) is 18.1. The highest BCUT2D eigenvalue weighted by Gasteiger charge is 2.33. The first-order valence-corrected chi connectivity index (χ1v) is 13.1. The Morgan fingerprint density at radius 3 is 2.50 bits per heavy atom. The third-order valence-electron chi connectivity index (χ3n) is 5.01. The van der Waals surface area contributed by atoms with Gasteiger partial charge in [-0.2, -0.15) is 0 Å². The minimum atomic E-state index is -0.220. The smallest absolute Gasteiger partial charge is 0.270 e. The van der Waals surface area contributed by atoms with Gasteiger partial charge in [-0.3, -0.25) is 9.69 Å². The molecule has 1 fully saturated rings. The molecule has 1 saturated heterocycles. The van der Waals surface area contributed by atoms with Crippen LogP contribution in [0.4, 0.5) is 5.69 Å². The highest BCUT2D eigenvalue weighted by atomic mass is 127. The van der Waals surface area contributed by atoms with Crippen molar-refractivity contribution in [1.82, 2.24) is 0 Å². The van der Waals surface area contributed by atoms with Crippen LogP contribution in [0.1, 0.15) is 16.7 Å². The Labute approximate surface area is 231 Å². The molecule has 4 rings (SSSR count). The van der Waals surface area contributed by atoms with Gasteiger partial charge in [-0.15, -0.1) is 0 Å². The third kappa shape index (κ3) is 5.54. The second kappa shape index (κ2) is 10.9. The van der Waals surface area contributed by atoms with Gasteiger partial charge in [0.1, 0.15) is 6.61 Å². The monoisotopic (exact) mass is 641 g/mol. The number of benzene rings is 3. The van der Waals surface area contributed by atoms with Crippen molar-refractivity contribution in [3.63, 3.8) is 0 Å². The lowest BCUT2D eigenvalue weighted by atomic mass is 10.1. The van der Waals surface area contributed by atoms with Crippen LogP contribution in [0, 0.1) is 10.5 Å². The molecule has 174 valence electrons. The van der Waals surface area contributed by atoms with Crippen molar-refractivity contribution < 1.29 is 14.3 Å². The Kier molecular flexibility index (Phi) is 8.09. The molecule has 0 bridgehead atoms. The zero-order chi connectivity index (χ0) is 24.4. The number of hydrogen-bond donors (Lipinski definition) is 0. The van der Waals surface area contributed by atoms with Gasteiger partial charge < -0.3 is 9.47 Å². The van der Waals surface area contributed by atoms with Crippen molar-refractivity contribution in [2.45, 2.75) is 13.5 Å². The van der Waals surface area contributed by atoms with Gasteiger partial charge in [0.2, 0.25) is 0 Å². The van der Waals surface area contributed by atoms with Crippen LogP contribution in [0.25, 0.3) is 6.08 Å². The molecular weight excluding hydrogens is 624 g/mol. The van der Waals surface area contributed by atoms with Crippen LogP contribution in [0.5, 0.6) is 11.5 Å². The first-order valence-electron chi connectivity index (χ1n) is 10.1. The standard InChI is InChI=1S/C25H18Cl2INO3S2/c1-14-3-5-15(6-4-14)13-32-23-20(28)9-16(10-21(23)31-2)11-22-24(30)29(25(33)34-22)17-7-8-18(26)19(27)12-17/h3-12H,13H2,1-2H3/b22-11+. The highest BCUT2D eigenvalue weighted by molar-refractivity contribution is 14.1. The first-order chi connectivity index (χ1) is 16.3. The normalized spacial score (nSPS) is 14.7. The molecule has 4 nitrogen and oxygen atoms in total. The van der Waals surface area contributed by atoms with Gasteiger partial charge in [0, 0.05) is 0 Å². The number of methoxy groups -OCH3 is 1. The van der Waals surface area contributed by atoms with E-state index in [2.05, 4.69) is 34.7 Å². The fourth-order valence-electron chi connectivity index (χ4n) is 3.27. The lowest BCUT2D eigenvalue weighted by molar-refractivity contribution is -0.113. The summed E-state index contributed by atoms with van der Waals surface area (Å²) < 4.78 is 12.9. The summed E-state index contributed by atoms with van der Waals surface area (Å²) in [6, 6.07) is 17.0. The first kappa shape index (κ1) is 25.3. The molecule has 0 aliphatic carbocycles. The van der Waals surface area contributed by atoms with E-state index in [4.69, 9.17) is 44.9 Å². The second-order valence-electron chi connectivity index (χ2n) is 7.42. The van der Waals surface area contributed by atoms with Crippen molar-refractivity contribution in [2.75, 3.05) is 12.0 Å². The number of carbonyl (C=O) groups excluding carboxylic acids is 1. The fourth-order valence-corrected chi connectivity index (χ4v) is 5.64. The number of hydrogen-bond acceptors (Lipinski definition) is 5. The molecule has 0 atom stereocenters. The summed E-state index contributed by atoms with van der Waals surface area (Å²) in [6.07, 6.45) is 1.80. The maximum Gasteiger partial charge on any atom is 0.270 e. The van der Waals surface area contributed by atoms with Crippen LogP contribution >= 0.6 is 69.8 Å². The Balaban J connectivity index is 1.58. The van der Waals surface area contributed by atoms with Crippen molar-refractivity contribution in [3.8, 4) is 11.5 Å². The summed E-state index contributed by atoms with van der Waals surface area (Å²) in [4.78, 5) is 15.1. The number of carbonyl (C=O) groups is 1. The number of ether oxygens (including phenoxy) is 2. The van der Waals surface area contributed by atoms with E-state index in [0.29, 0.717) is 43.1 Å². The van der Waals surface area contributed by atoms with Gasteiger partial charge in [-0.25, -0.2) is 0 Å². The largest absolute Gasteiger partial charge is 0.493 e. The molecule has 1 aliphatic heterocycles. The van der Waals surface area contributed by atoms with E-state index in [0.717, 1.165) is 14.7 Å². The van der Waals surface area contributed by atoms with Gasteiger partial charge in [-0.05, 0) is 77.0 Å². The maximum atomic E-state index is 13.1. The minimum Gasteiger partial charge on any atom is -0.493 e. The minimum absolute atomic E-state index is 0.220. The summed E-state index contributed by atoms with van der Waals surface area (Å²) in [6.45, 7) is 2.47. The van der Waals surface area contributed by atoms with Crippen LogP contribution in [0.3, 0.4) is 0 Å². The Hall–Kier alpha value is -1.78. The number of aryl methyl sites for hydroxylation is 1. The van der Waals surface area contributed by atoms with Gasteiger partial charge in [0.25, 0.3) is 5.91 Å². The van der Waals surface area contributed by atoms with Crippen LogP contribution < -0.4 is 14.4 Å². The van der Waals surface area contributed by atoms with Gasteiger partial charge >= 0.3 is 0 Å². The predicted molar refractivity (Wildman–Crippen MR) is 153 cm³/mol. The van der Waals surface area contributed by atoms with Crippen LogP contribution in [-0.2, 0) is 11.4 Å². The van der Waals surface area contributed by atoms with Gasteiger partial charge in [0.15, 0.2) is 15.8 Å². The Morgan fingerprint density at radius 2 is 1.82 bits per heavy atom. The predicted octanol–water partition coefficient (Wildman–Crippen LogP) is 7.90. The van der Waals surface area contributed by atoms with Crippen molar-refractivity contribution >= 4 is 91.8 Å². The lowest BCUT2D eigenvalue weighted by Crippen LogP contribution is -2.27. The summed E-state index contributed by atoms with van der Waals surface area (Å²) in [5.74, 6) is 1.02. The molecule has 3 aromatic carbocycles. The number of thiocarbonyl (C=S) groups is 1. The average molecular weight is 642 g/mol. The molecular formula is C25H18Cl2INO3S2. The molecule has 34 heavy (non-hydrogen) atoms. The topological polar surface area (TPSA) is 38.8 Å². The number of nitrogens with zero attached hydrogens (tertiary/aromatic N) is 1. The van der Waals surface area contributed by atoms with Gasteiger partial charge in [0.05, 0.1) is 31.3 Å². The molecule has 0 spiro atoms. The third-order valence-corrected chi connectivity index (χ3v) is 7.85. The molecule has 0 aromatic heterocycles. The molecule has 0 unspecified atom stereocenters. The molecule has 9 heteroatoms. The van der Waals surface area contributed by atoms with E-state index in [1.807, 2.05) is 31.2 Å². The van der Waals surface area contributed by atoms with E-state index in [1.165, 1.54) is 22.2 Å². The van der Waals surface area contributed by atoms with Crippen molar-refractivity contribution in [1.29, 1.82) is 0 Å². The summed E-state index contributed by atoms with van der Waals surface area (Å²) in [5.41, 5.74) is 3.65. The van der Waals surface area contributed by atoms with Crippen LogP contribution in [-0.4, -0.2) is 17.3 Å². The Morgan fingerprint density at radius 1 is 1.09 bits per heavy atom. The number of rotatable bonds is 6. The van der Waals surface area contributed by atoms with Crippen molar-refractivity contribution in [3.05, 3.63) is 89.8 Å². The molecule has 3 aromatic rings. The quantitative estimate of drug-likeness (QED) is 0.155.